The van der Waals surface area contributed by atoms with Gasteiger partial charge in [-0.05, 0) is 18.3 Å². The van der Waals surface area contributed by atoms with Crippen molar-refractivity contribution in [2.24, 2.45) is 11.8 Å². The van der Waals surface area contributed by atoms with Gasteiger partial charge in [0.15, 0.2) is 0 Å². The highest BCUT2D eigenvalue weighted by atomic mass is 16.5. The van der Waals surface area contributed by atoms with Crippen LogP contribution in [-0.2, 0) is 11.3 Å². The first kappa shape index (κ1) is 25.1. The van der Waals surface area contributed by atoms with Crippen LogP contribution in [0.4, 0.5) is 0 Å². The van der Waals surface area contributed by atoms with Gasteiger partial charge in [0.05, 0.1) is 6.61 Å². The van der Waals surface area contributed by atoms with Crippen molar-refractivity contribution in [3.05, 3.63) is 33.7 Å². The Kier molecular flexibility index (Phi) is 9.71. The van der Waals surface area contributed by atoms with Crippen molar-refractivity contribution in [2.75, 3.05) is 53.0 Å². The lowest BCUT2D eigenvalue weighted by Gasteiger charge is -2.34. The highest BCUT2D eigenvalue weighted by molar-refractivity contribution is 5.99. The Morgan fingerprint density at radius 3 is 2.26 bits per heavy atom. The molecule has 0 spiro atoms. The van der Waals surface area contributed by atoms with Gasteiger partial charge in [0.1, 0.15) is 11.1 Å². The van der Waals surface area contributed by atoms with E-state index in [1.807, 2.05) is 0 Å². The van der Waals surface area contributed by atoms with Crippen molar-refractivity contribution >= 4 is 11.8 Å². The van der Waals surface area contributed by atoms with Crippen LogP contribution in [0.15, 0.2) is 17.2 Å². The molecule has 2 amide bonds. The molecule has 1 aromatic heterocycles. The number of pyridine rings is 1. The molecule has 1 aliphatic rings. The van der Waals surface area contributed by atoms with Gasteiger partial charge in [-0.15, -0.1) is 0 Å². The molecule has 8 heteroatoms. The zero-order chi connectivity index (χ0) is 23.0. The summed E-state index contributed by atoms with van der Waals surface area (Å²) in [6.07, 6.45) is 4.01. The third kappa shape index (κ3) is 7.47. The number of rotatable bonds is 10. The number of amides is 2. The molecule has 0 aliphatic carbocycles. The van der Waals surface area contributed by atoms with Crippen molar-refractivity contribution < 1.29 is 14.3 Å². The number of ether oxygens (including phenoxy) is 1. The first-order chi connectivity index (χ1) is 14.7. The lowest BCUT2D eigenvalue weighted by molar-refractivity contribution is 0.0592. The standard InChI is InChI=1S/C23H38N4O4/c1-17(2)6-7-24-22(29)19-15-26(14-18(3)4)16-20(21(19)28)23(30)27-10-8-25(9-11-27)12-13-31-5/h15-18H,6-14H2,1-5H3,(H,24,29). The number of hydrogen-bond acceptors (Lipinski definition) is 5. The molecule has 0 saturated carbocycles. The van der Waals surface area contributed by atoms with E-state index in [-0.39, 0.29) is 17.0 Å². The van der Waals surface area contributed by atoms with Gasteiger partial charge in [0, 0.05) is 65.3 Å². The number of piperazine rings is 1. The van der Waals surface area contributed by atoms with Gasteiger partial charge in [-0.1, -0.05) is 27.7 Å². The molecule has 0 atom stereocenters. The fourth-order valence-electron chi connectivity index (χ4n) is 3.61. The lowest BCUT2D eigenvalue weighted by Crippen LogP contribution is -2.50. The van der Waals surface area contributed by atoms with E-state index < -0.39 is 11.3 Å². The molecule has 1 N–H and O–H groups in total. The molecule has 1 aliphatic heterocycles. The maximum Gasteiger partial charge on any atom is 0.259 e. The van der Waals surface area contributed by atoms with E-state index in [1.165, 1.54) is 0 Å². The predicted octanol–water partition coefficient (Wildman–Crippen LogP) is 1.68. The minimum Gasteiger partial charge on any atom is -0.383 e. The van der Waals surface area contributed by atoms with Crippen molar-refractivity contribution in [3.63, 3.8) is 0 Å². The number of nitrogens with one attached hydrogen (secondary N) is 1. The molecular formula is C23H38N4O4. The molecular weight excluding hydrogens is 396 g/mol. The van der Waals surface area contributed by atoms with E-state index in [1.54, 1.807) is 29.0 Å². The highest BCUT2D eigenvalue weighted by Crippen LogP contribution is 2.10. The summed E-state index contributed by atoms with van der Waals surface area (Å²) in [7, 11) is 1.67. The second-order valence-electron chi connectivity index (χ2n) is 9.07. The van der Waals surface area contributed by atoms with Crippen LogP contribution in [-0.4, -0.2) is 79.2 Å². The average molecular weight is 435 g/mol. The first-order valence-corrected chi connectivity index (χ1v) is 11.3. The maximum absolute atomic E-state index is 13.2. The van der Waals surface area contributed by atoms with Gasteiger partial charge in [-0.3, -0.25) is 19.3 Å². The van der Waals surface area contributed by atoms with Gasteiger partial charge in [-0.2, -0.15) is 0 Å². The smallest absolute Gasteiger partial charge is 0.259 e. The predicted molar refractivity (Wildman–Crippen MR) is 122 cm³/mol. The van der Waals surface area contributed by atoms with Crippen LogP contribution in [0.2, 0.25) is 0 Å². The zero-order valence-electron chi connectivity index (χ0n) is 19.6. The zero-order valence-corrected chi connectivity index (χ0v) is 19.6. The first-order valence-electron chi connectivity index (χ1n) is 11.3. The topological polar surface area (TPSA) is 83.9 Å². The summed E-state index contributed by atoms with van der Waals surface area (Å²) < 4.78 is 6.92. The number of methoxy groups -OCH3 is 1. The molecule has 2 heterocycles. The van der Waals surface area contributed by atoms with Gasteiger partial charge < -0.3 is 19.5 Å². The molecule has 1 saturated heterocycles. The molecule has 8 nitrogen and oxygen atoms in total. The van der Waals surface area contributed by atoms with E-state index in [9.17, 15) is 14.4 Å². The largest absolute Gasteiger partial charge is 0.383 e. The van der Waals surface area contributed by atoms with E-state index in [2.05, 4.69) is 37.9 Å². The van der Waals surface area contributed by atoms with Crippen LogP contribution in [0.1, 0.15) is 54.8 Å². The van der Waals surface area contributed by atoms with E-state index >= 15 is 0 Å². The highest BCUT2D eigenvalue weighted by Gasteiger charge is 2.26. The summed E-state index contributed by atoms with van der Waals surface area (Å²) in [5, 5.41) is 2.83. The Morgan fingerprint density at radius 1 is 1.03 bits per heavy atom. The normalized spacial score (nSPS) is 15.0. The fraction of sp³-hybridized carbons (Fsp3) is 0.696. The Bertz CT molecular complexity index is 795. The molecule has 0 unspecified atom stereocenters. The molecule has 0 bridgehead atoms. The molecule has 0 aromatic carbocycles. The number of nitrogens with zero attached hydrogens (tertiary/aromatic N) is 3. The summed E-state index contributed by atoms with van der Waals surface area (Å²) in [4.78, 5) is 42.9. The van der Waals surface area contributed by atoms with Gasteiger partial charge >= 0.3 is 0 Å². The molecule has 1 fully saturated rings. The molecule has 2 rings (SSSR count). The van der Waals surface area contributed by atoms with Crippen LogP contribution >= 0.6 is 0 Å². The summed E-state index contributed by atoms with van der Waals surface area (Å²) in [5.74, 6) is 0.0490. The molecule has 31 heavy (non-hydrogen) atoms. The Labute approximate surface area is 185 Å². The summed E-state index contributed by atoms with van der Waals surface area (Å²) in [6.45, 7) is 13.5. The van der Waals surface area contributed by atoms with Gasteiger partial charge in [0.2, 0.25) is 5.43 Å². The van der Waals surface area contributed by atoms with Crippen molar-refractivity contribution in [3.8, 4) is 0 Å². The van der Waals surface area contributed by atoms with Gasteiger partial charge in [-0.25, -0.2) is 0 Å². The van der Waals surface area contributed by atoms with Crippen LogP contribution in [0.3, 0.4) is 0 Å². The molecule has 0 radical (unpaired) electrons. The third-order valence-electron chi connectivity index (χ3n) is 5.41. The van der Waals surface area contributed by atoms with Crippen molar-refractivity contribution in [2.45, 2.75) is 40.7 Å². The van der Waals surface area contributed by atoms with Crippen molar-refractivity contribution in [1.29, 1.82) is 0 Å². The van der Waals surface area contributed by atoms with Crippen molar-refractivity contribution in [1.82, 2.24) is 19.7 Å². The minimum absolute atomic E-state index is 0.0361. The molecule has 1 aromatic rings. The monoisotopic (exact) mass is 434 g/mol. The SMILES string of the molecule is COCCN1CCN(C(=O)c2cn(CC(C)C)cc(C(=O)NCCC(C)C)c2=O)CC1. The number of aromatic nitrogens is 1. The van der Waals surface area contributed by atoms with Crippen LogP contribution in [0.5, 0.6) is 0 Å². The number of hydrogen-bond donors (Lipinski definition) is 1. The van der Waals surface area contributed by atoms with Gasteiger partial charge in [0.25, 0.3) is 11.8 Å². The minimum atomic E-state index is -0.492. The van der Waals surface area contributed by atoms with E-state index in [0.29, 0.717) is 44.6 Å². The van der Waals surface area contributed by atoms with E-state index in [4.69, 9.17) is 4.74 Å². The number of carbonyl (C=O) groups excluding carboxylic acids is 2. The Hall–Kier alpha value is -2.19. The average Bonchev–Trinajstić information content (AvgIpc) is 2.72. The van der Waals surface area contributed by atoms with E-state index in [0.717, 1.165) is 26.1 Å². The summed E-state index contributed by atoms with van der Waals surface area (Å²) in [5.41, 5.74) is -0.384. The third-order valence-corrected chi connectivity index (χ3v) is 5.41. The Balaban J connectivity index is 2.22. The number of carbonyl (C=O) groups is 2. The fourth-order valence-corrected chi connectivity index (χ4v) is 3.61. The second kappa shape index (κ2) is 12.0. The quantitative estimate of drug-likeness (QED) is 0.606. The van der Waals surface area contributed by atoms with Crippen LogP contribution < -0.4 is 10.7 Å². The van der Waals surface area contributed by atoms with Crippen LogP contribution in [0.25, 0.3) is 0 Å². The summed E-state index contributed by atoms with van der Waals surface area (Å²) >= 11 is 0. The summed E-state index contributed by atoms with van der Waals surface area (Å²) in [6, 6.07) is 0. The molecule has 174 valence electrons. The maximum atomic E-state index is 13.2. The second-order valence-corrected chi connectivity index (χ2v) is 9.07. The lowest BCUT2D eigenvalue weighted by atomic mass is 10.1. The van der Waals surface area contributed by atoms with Crippen LogP contribution in [0, 0.1) is 11.8 Å². The Morgan fingerprint density at radius 2 is 1.68 bits per heavy atom.